The van der Waals surface area contributed by atoms with Crippen LogP contribution < -0.4 is 0 Å². The molecule has 1 nitrogen and oxygen atoms in total. The second-order valence-electron chi connectivity index (χ2n) is 2.61. The average molecular weight is 366 g/mol. The van der Waals surface area contributed by atoms with Crippen LogP contribution in [0.2, 0.25) is 0 Å². The van der Waals surface area contributed by atoms with Crippen LogP contribution in [0.3, 0.4) is 0 Å². The van der Waals surface area contributed by atoms with Gasteiger partial charge in [-0.15, -0.1) is 0 Å². The number of hydrogen-bond donors (Lipinski definition) is 1. The molecular weight excluding hydrogens is 354 g/mol. The average Bonchev–Trinajstić information content (AvgIpc) is 2.25. The number of allylic oxidation sites excluding steroid dienone is 1. The molecule has 2 atom stereocenters. The van der Waals surface area contributed by atoms with E-state index in [9.17, 15) is 5.11 Å². The Kier molecular flexibility index (Phi) is 6.43. The molecule has 10 heavy (non-hydrogen) atoms. The third kappa shape index (κ3) is 3.04. The molecule has 0 spiro atoms. The predicted molar refractivity (Wildman–Crippen MR) is 61.6 cm³/mol. The van der Waals surface area contributed by atoms with Crippen LogP contribution in [0.5, 0.6) is 0 Å². The Morgan fingerprint density at radius 3 is 2.20 bits per heavy atom. The van der Waals surface area contributed by atoms with Crippen LogP contribution in [0.1, 0.15) is 20.3 Å². The Morgan fingerprint density at radius 2 is 2.10 bits per heavy atom. The fourth-order valence-electron chi connectivity index (χ4n) is 1.07. The summed E-state index contributed by atoms with van der Waals surface area (Å²) in [6.45, 7) is 4.05. The van der Waals surface area contributed by atoms with Crippen LogP contribution in [-0.4, -0.2) is 11.2 Å². The van der Waals surface area contributed by atoms with Gasteiger partial charge in [0.25, 0.3) is 0 Å². The minimum Gasteiger partial charge on any atom is -0.388 e. The van der Waals surface area contributed by atoms with Crippen LogP contribution >= 0.6 is 37.2 Å². The zero-order valence-corrected chi connectivity index (χ0v) is 10.5. The highest BCUT2D eigenvalue weighted by molar-refractivity contribution is 15.0. The van der Waals surface area contributed by atoms with E-state index in [4.69, 9.17) is 0 Å². The van der Waals surface area contributed by atoms with Crippen molar-refractivity contribution in [2.75, 3.05) is 0 Å². The van der Waals surface area contributed by atoms with E-state index in [1.165, 1.54) is 0 Å². The lowest BCUT2D eigenvalue weighted by Crippen LogP contribution is -2.11. The van der Waals surface area contributed by atoms with Gasteiger partial charge in [0.1, 0.15) is 0 Å². The monoisotopic (exact) mass is 366 g/mol. The minimum absolute atomic E-state index is 0.157. The van der Waals surface area contributed by atoms with E-state index in [1.807, 2.05) is 6.92 Å². The lowest BCUT2D eigenvalue weighted by molar-refractivity contribution is 0.165. The van der Waals surface area contributed by atoms with Crippen molar-refractivity contribution in [2.24, 2.45) is 5.92 Å². The highest BCUT2D eigenvalue weighted by Gasteiger charge is 2.19. The summed E-state index contributed by atoms with van der Waals surface area (Å²) in [5.41, 5.74) is 1.14. The summed E-state index contributed by atoms with van der Waals surface area (Å²) in [6.07, 6.45) is 3.00. The predicted octanol–water partition coefficient (Wildman–Crippen LogP) is 3.10. The Morgan fingerprint density at radius 1 is 1.60 bits per heavy atom. The molecule has 0 aromatic rings. The van der Waals surface area contributed by atoms with Crippen LogP contribution in [0.4, 0.5) is 0 Å². The van der Waals surface area contributed by atoms with E-state index < -0.39 is 0 Å². The molecule has 2 unspecified atom stereocenters. The van der Waals surface area contributed by atoms with Crippen LogP contribution in [0, 0.1) is 5.92 Å². The maximum Gasteiger partial charge on any atom is 0.0775 e. The molecule has 1 aliphatic rings. The van der Waals surface area contributed by atoms with Gasteiger partial charge in [0.05, 0.1) is 6.10 Å². The van der Waals surface area contributed by atoms with Crippen molar-refractivity contribution in [2.45, 2.75) is 26.4 Å². The van der Waals surface area contributed by atoms with Gasteiger partial charge < -0.3 is 5.11 Å². The summed E-state index contributed by atoms with van der Waals surface area (Å²) in [6, 6.07) is 0. The van der Waals surface area contributed by atoms with E-state index in [0.29, 0.717) is 5.92 Å². The summed E-state index contributed by atoms with van der Waals surface area (Å²) in [5.74, 6) is 0.454. The second kappa shape index (κ2) is 5.77. The molecular formula is C7H12I2O. The first-order valence-electron chi connectivity index (χ1n) is 3.21. The number of rotatable bonds is 0. The molecule has 0 radical (unpaired) electrons. The van der Waals surface area contributed by atoms with Gasteiger partial charge in [0.2, 0.25) is 0 Å². The molecule has 0 aromatic carbocycles. The minimum atomic E-state index is -0.157. The molecule has 1 N–H and O–H groups in total. The van der Waals surface area contributed by atoms with Gasteiger partial charge in [0.15, 0.2) is 0 Å². The molecule has 3 heteroatoms. The number of aliphatic hydroxyl groups is 1. The Balaban J connectivity index is 0.000000371. The lowest BCUT2D eigenvalue weighted by atomic mass is 10.1. The lowest BCUT2D eigenvalue weighted by Gasteiger charge is -2.08. The highest BCUT2D eigenvalue weighted by atomic mass is 128. The molecule has 0 aliphatic heterocycles. The molecule has 0 amide bonds. The zero-order chi connectivity index (χ0) is 8.15. The van der Waals surface area contributed by atoms with Crippen molar-refractivity contribution in [3.8, 4) is 0 Å². The van der Waals surface area contributed by atoms with Crippen molar-refractivity contribution >= 4 is 37.2 Å². The number of aliphatic hydroxyl groups excluding tert-OH is 1. The van der Waals surface area contributed by atoms with Gasteiger partial charge >= 0.3 is 0 Å². The van der Waals surface area contributed by atoms with E-state index in [0.717, 1.165) is 12.0 Å². The Labute approximate surface area is 85.6 Å². The maximum atomic E-state index is 9.20. The summed E-state index contributed by atoms with van der Waals surface area (Å²) < 4.78 is 0. The zero-order valence-electron chi connectivity index (χ0n) is 6.14. The molecule has 1 rings (SSSR count). The third-order valence-electron chi connectivity index (χ3n) is 1.82. The molecule has 0 saturated heterocycles. The van der Waals surface area contributed by atoms with Crippen LogP contribution in [-0.2, 0) is 0 Å². The van der Waals surface area contributed by atoms with Crippen molar-refractivity contribution in [1.29, 1.82) is 0 Å². The fourth-order valence-corrected chi connectivity index (χ4v) is 1.07. The second-order valence-corrected chi connectivity index (χ2v) is 2.61. The fraction of sp³-hybridized carbons (Fsp3) is 0.714. The quantitative estimate of drug-likeness (QED) is 0.516. The number of hydrogen-bond acceptors (Lipinski definition) is 1. The standard InChI is InChI=1S/C7H12O.I2/c1-5-3-4-6(2)7(5)8;1-2/h3,6-8H,4H2,1-2H3;. The van der Waals surface area contributed by atoms with Crippen molar-refractivity contribution in [3.05, 3.63) is 11.6 Å². The summed E-state index contributed by atoms with van der Waals surface area (Å²) in [5, 5.41) is 9.20. The number of halogens is 2. The van der Waals surface area contributed by atoms with E-state index in [2.05, 4.69) is 50.2 Å². The Bertz CT molecular complexity index is 123. The van der Waals surface area contributed by atoms with Gasteiger partial charge in [-0.05, 0) is 24.8 Å². The molecule has 1 aliphatic carbocycles. The molecule has 0 heterocycles. The van der Waals surface area contributed by atoms with Gasteiger partial charge in [-0.25, -0.2) is 0 Å². The molecule has 0 fully saturated rings. The van der Waals surface area contributed by atoms with E-state index in [1.54, 1.807) is 0 Å². The summed E-state index contributed by atoms with van der Waals surface area (Å²) >= 11 is 4.24. The van der Waals surface area contributed by atoms with E-state index >= 15 is 0 Å². The van der Waals surface area contributed by atoms with Crippen molar-refractivity contribution in [3.63, 3.8) is 0 Å². The molecule has 60 valence electrons. The van der Waals surface area contributed by atoms with Gasteiger partial charge in [0, 0.05) is 37.2 Å². The first-order valence-corrected chi connectivity index (χ1v) is 9.49. The topological polar surface area (TPSA) is 20.2 Å². The summed E-state index contributed by atoms with van der Waals surface area (Å²) in [4.78, 5) is 0. The van der Waals surface area contributed by atoms with E-state index in [-0.39, 0.29) is 6.10 Å². The van der Waals surface area contributed by atoms with Crippen LogP contribution in [0.25, 0.3) is 0 Å². The molecule has 0 aromatic heterocycles. The smallest absolute Gasteiger partial charge is 0.0775 e. The van der Waals surface area contributed by atoms with Crippen molar-refractivity contribution < 1.29 is 5.11 Å². The van der Waals surface area contributed by atoms with Gasteiger partial charge in [-0.3, -0.25) is 0 Å². The SMILES string of the molecule is CC1=CCC(C)C1O.II. The van der Waals surface area contributed by atoms with Gasteiger partial charge in [-0.2, -0.15) is 0 Å². The molecule has 0 bridgehead atoms. The maximum absolute atomic E-state index is 9.20. The largest absolute Gasteiger partial charge is 0.388 e. The molecule has 0 saturated carbocycles. The summed E-state index contributed by atoms with van der Waals surface area (Å²) in [7, 11) is 0. The Hall–Kier alpha value is 1.16. The third-order valence-corrected chi connectivity index (χ3v) is 1.82. The van der Waals surface area contributed by atoms with Crippen LogP contribution in [0.15, 0.2) is 11.6 Å². The van der Waals surface area contributed by atoms with Crippen molar-refractivity contribution in [1.82, 2.24) is 0 Å². The van der Waals surface area contributed by atoms with Gasteiger partial charge in [-0.1, -0.05) is 13.0 Å². The highest BCUT2D eigenvalue weighted by Crippen LogP contribution is 2.23. The first-order chi connectivity index (χ1) is 4.72. The first kappa shape index (κ1) is 11.2. The normalized spacial score (nSPS) is 30.7.